The summed E-state index contributed by atoms with van der Waals surface area (Å²) in [5.74, 6) is 2.49. The smallest absolute Gasteiger partial charge is 0.203 e. The maximum atomic E-state index is 5.54. The maximum Gasteiger partial charge on any atom is 0.203 e. The molecule has 4 rings (SSSR count). The Balaban J connectivity index is 1.80. The third-order valence-corrected chi connectivity index (χ3v) is 4.84. The number of rotatable bonds is 7. The van der Waals surface area contributed by atoms with Crippen molar-refractivity contribution in [2.45, 2.75) is 6.92 Å². The largest absolute Gasteiger partial charge is 0.494 e. The summed E-state index contributed by atoms with van der Waals surface area (Å²) in [4.78, 5) is 0. The molecular weight excluding hydrogens is 382 g/mol. The molecule has 0 saturated carbocycles. The van der Waals surface area contributed by atoms with E-state index in [0.29, 0.717) is 23.9 Å². The van der Waals surface area contributed by atoms with Crippen LogP contribution in [0.3, 0.4) is 0 Å². The van der Waals surface area contributed by atoms with Crippen molar-refractivity contribution in [3.63, 3.8) is 0 Å². The van der Waals surface area contributed by atoms with Crippen LogP contribution in [-0.4, -0.2) is 42.9 Å². The van der Waals surface area contributed by atoms with Crippen molar-refractivity contribution in [2.75, 3.05) is 27.9 Å². The lowest BCUT2D eigenvalue weighted by atomic mass is 10.0. The molecule has 0 unspecified atom stereocenters. The number of methoxy groups -OCH3 is 3. The number of hydrogen-bond acceptors (Lipinski definition) is 6. The SMILES string of the molecule is CCOc1ccc(-c2ccc3nnn(-c4cc(OC)c(OC)c(OC)c4)c3c2)cc1. The van der Waals surface area contributed by atoms with Crippen LogP contribution in [0.25, 0.3) is 27.8 Å². The topological polar surface area (TPSA) is 67.6 Å². The minimum absolute atomic E-state index is 0.531. The van der Waals surface area contributed by atoms with Crippen LogP contribution in [0.2, 0.25) is 0 Å². The van der Waals surface area contributed by atoms with Crippen LogP contribution in [0.4, 0.5) is 0 Å². The van der Waals surface area contributed by atoms with E-state index in [0.717, 1.165) is 33.6 Å². The fourth-order valence-electron chi connectivity index (χ4n) is 3.39. The first kappa shape index (κ1) is 19.6. The second-order valence-electron chi connectivity index (χ2n) is 6.55. The molecule has 154 valence electrons. The highest BCUT2D eigenvalue weighted by atomic mass is 16.5. The zero-order chi connectivity index (χ0) is 21.1. The first-order chi connectivity index (χ1) is 14.7. The van der Waals surface area contributed by atoms with Crippen LogP contribution in [0.15, 0.2) is 54.6 Å². The standard InChI is InChI=1S/C23H23N3O4/c1-5-30-18-9-6-15(7-10-18)16-8-11-19-20(12-16)26(25-24-19)17-13-21(27-2)23(29-4)22(14-17)28-3/h6-14H,5H2,1-4H3. The lowest BCUT2D eigenvalue weighted by Gasteiger charge is -2.14. The van der Waals surface area contributed by atoms with Gasteiger partial charge in [-0.3, -0.25) is 0 Å². The molecule has 0 bridgehead atoms. The number of nitrogens with zero attached hydrogens (tertiary/aromatic N) is 3. The van der Waals surface area contributed by atoms with Gasteiger partial charge in [0.1, 0.15) is 11.3 Å². The molecule has 7 nitrogen and oxygen atoms in total. The van der Waals surface area contributed by atoms with Gasteiger partial charge in [0, 0.05) is 12.1 Å². The summed E-state index contributed by atoms with van der Waals surface area (Å²) in [5.41, 5.74) is 4.56. The Bertz CT molecular complexity index is 1140. The van der Waals surface area contributed by atoms with Gasteiger partial charge in [0.15, 0.2) is 11.5 Å². The molecule has 0 amide bonds. The normalized spacial score (nSPS) is 10.8. The third-order valence-electron chi connectivity index (χ3n) is 4.84. The summed E-state index contributed by atoms with van der Waals surface area (Å²) in [7, 11) is 4.75. The zero-order valence-corrected chi connectivity index (χ0v) is 17.4. The maximum absolute atomic E-state index is 5.54. The van der Waals surface area contributed by atoms with Gasteiger partial charge in [0.05, 0.1) is 39.1 Å². The van der Waals surface area contributed by atoms with Crippen LogP contribution in [0.1, 0.15) is 6.92 Å². The van der Waals surface area contributed by atoms with Gasteiger partial charge in [0.2, 0.25) is 5.75 Å². The Morgan fingerprint density at radius 2 is 1.47 bits per heavy atom. The Labute approximate surface area is 174 Å². The van der Waals surface area contributed by atoms with Crippen LogP contribution >= 0.6 is 0 Å². The van der Waals surface area contributed by atoms with E-state index in [1.807, 2.05) is 55.5 Å². The molecule has 0 aliphatic heterocycles. The molecule has 30 heavy (non-hydrogen) atoms. The quantitative estimate of drug-likeness (QED) is 0.451. The lowest BCUT2D eigenvalue weighted by molar-refractivity contribution is 0.324. The first-order valence-corrected chi connectivity index (χ1v) is 9.57. The molecule has 1 aromatic heterocycles. The summed E-state index contributed by atoms with van der Waals surface area (Å²) in [5, 5.41) is 8.64. The Morgan fingerprint density at radius 1 is 0.800 bits per heavy atom. The summed E-state index contributed by atoms with van der Waals surface area (Å²) in [6, 6.07) is 17.8. The molecule has 0 aliphatic carbocycles. The van der Waals surface area contributed by atoms with E-state index in [1.165, 1.54) is 0 Å². The van der Waals surface area contributed by atoms with E-state index in [4.69, 9.17) is 18.9 Å². The van der Waals surface area contributed by atoms with Gasteiger partial charge in [-0.25, -0.2) is 4.68 Å². The molecule has 0 aliphatic rings. The molecule has 1 heterocycles. The molecule has 0 N–H and O–H groups in total. The van der Waals surface area contributed by atoms with Gasteiger partial charge in [0.25, 0.3) is 0 Å². The van der Waals surface area contributed by atoms with E-state index in [1.54, 1.807) is 26.0 Å². The van der Waals surface area contributed by atoms with Crippen LogP contribution in [0, 0.1) is 0 Å². The van der Waals surface area contributed by atoms with E-state index in [2.05, 4.69) is 16.4 Å². The molecule has 0 spiro atoms. The van der Waals surface area contributed by atoms with Crippen molar-refractivity contribution in [1.82, 2.24) is 15.0 Å². The minimum Gasteiger partial charge on any atom is -0.494 e. The summed E-state index contributed by atoms with van der Waals surface area (Å²) < 4.78 is 23.7. The summed E-state index contributed by atoms with van der Waals surface area (Å²) in [6.07, 6.45) is 0. The highest BCUT2D eigenvalue weighted by molar-refractivity contribution is 5.83. The van der Waals surface area contributed by atoms with E-state index in [9.17, 15) is 0 Å². The Kier molecular flexibility index (Phi) is 5.43. The number of benzene rings is 3. The Hall–Kier alpha value is -3.74. The molecule has 4 aromatic rings. The second kappa shape index (κ2) is 8.32. The van der Waals surface area contributed by atoms with Crippen LogP contribution in [0.5, 0.6) is 23.0 Å². The minimum atomic E-state index is 0.531. The highest BCUT2D eigenvalue weighted by Crippen LogP contribution is 2.39. The zero-order valence-electron chi connectivity index (χ0n) is 17.4. The van der Waals surface area contributed by atoms with Gasteiger partial charge in [-0.15, -0.1) is 5.10 Å². The van der Waals surface area contributed by atoms with Crippen molar-refractivity contribution in [3.8, 4) is 39.8 Å². The molecule has 0 atom stereocenters. The monoisotopic (exact) mass is 405 g/mol. The van der Waals surface area contributed by atoms with E-state index >= 15 is 0 Å². The van der Waals surface area contributed by atoms with Gasteiger partial charge >= 0.3 is 0 Å². The fourth-order valence-corrected chi connectivity index (χ4v) is 3.39. The average molecular weight is 405 g/mol. The fraction of sp³-hybridized carbons (Fsp3) is 0.217. The van der Waals surface area contributed by atoms with Crippen molar-refractivity contribution in [3.05, 3.63) is 54.6 Å². The molecular formula is C23H23N3O4. The van der Waals surface area contributed by atoms with Gasteiger partial charge in [-0.05, 0) is 42.3 Å². The van der Waals surface area contributed by atoms with Crippen molar-refractivity contribution < 1.29 is 18.9 Å². The molecule has 0 radical (unpaired) electrons. The number of hydrogen-bond donors (Lipinski definition) is 0. The summed E-state index contributed by atoms with van der Waals surface area (Å²) >= 11 is 0. The van der Waals surface area contributed by atoms with Crippen LogP contribution < -0.4 is 18.9 Å². The molecule has 3 aromatic carbocycles. The first-order valence-electron chi connectivity index (χ1n) is 9.57. The lowest BCUT2D eigenvalue weighted by Crippen LogP contribution is -2.01. The van der Waals surface area contributed by atoms with Gasteiger partial charge in [-0.1, -0.05) is 23.4 Å². The highest BCUT2D eigenvalue weighted by Gasteiger charge is 2.16. The average Bonchev–Trinajstić information content (AvgIpc) is 3.22. The molecule has 0 saturated heterocycles. The number of fused-ring (bicyclic) bond motifs is 1. The number of ether oxygens (including phenoxy) is 4. The molecule has 7 heteroatoms. The van der Waals surface area contributed by atoms with Crippen molar-refractivity contribution in [1.29, 1.82) is 0 Å². The van der Waals surface area contributed by atoms with E-state index < -0.39 is 0 Å². The third kappa shape index (κ3) is 3.50. The Morgan fingerprint density at radius 3 is 2.07 bits per heavy atom. The van der Waals surface area contributed by atoms with Gasteiger partial charge in [-0.2, -0.15) is 0 Å². The van der Waals surface area contributed by atoms with Gasteiger partial charge < -0.3 is 18.9 Å². The second-order valence-corrected chi connectivity index (χ2v) is 6.55. The number of aromatic nitrogens is 3. The van der Waals surface area contributed by atoms with Crippen LogP contribution in [-0.2, 0) is 0 Å². The predicted octanol–water partition coefficient (Wildman–Crippen LogP) is 4.51. The van der Waals surface area contributed by atoms with Crippen molar-refractivity contribution in [2.24, 2.45) is 0 Å². The van der Waals surface area contributed by atoms with E-state index in [-0.39, 0.29) is 0 Å². The van der Waals surface area contributed by atoms with Crippen molar-refractivity contribution >= 4 is 11.0 Å². The summed E-state index contributed by atoms with van der Waals surface area (Å²) in [6.45, 7) is 2.62. The predicted molar refractivity (Wildman–Crippen MR) is 115 cm³/mol. The molecule has 0 fully saturated rings.